The van der Waals surface area contributed by atoms with Gasteiger partial charge in [0.05, 0.1) is 23.9 Å². The van der Waals surface area contributed by atoms with Gasteiger partial charge in [-0.25, -0.2) is 9.79 Å². The van der Waals surface area contributed by atoms with Crippen LogP contribution in [-0.2, 0) is 25.5 Å². The fraction of sp³-hybridized carbons (Fsp3) is 0.450. The van der Waals surface area contributed by atoms with Gasteiger partial charge in [-0.1, -0.05) is 43.0 Å². The van der Waals surface area contributed by atoms with Gasteiger partial charge in [0.1, 0.15) is 6.61 Å². The molecule has 2 aliphatic heterocycles. The van der Waals surface area contributed by atoms with Gasteiger partial charge in [-0.2, -0.15) is 0 Å². The van der Waals surface area contributed by atoms with Crippen molar-refractivity contribution in [1.29, 1.82) is 0 Å². The first-order valence-electron chi connectivity index (χ1n) is 9.06. The number of ether oxygens (including phenoxy) is 2. The third-order valence-corrected chi connectivity index (χ3v) is 5.61. The Labute approximate surface area is 163 Å². The molecule has 1 aromatic rings. The normalized spacial score (nSPS) is 19.7. The molecule has 1 aromatic carbocycles. The van der Waals surface area contributed by atoms with E-state index in [-0.39, 0.29) is 12.5 Å². The van der Waals surface area contributed by atoms with Crippen molar-refractivity contribution in [2.45, 2.75) is 32.7 Å². The highest BCUT2D eigenvalue weighted by atomic mass is 32.2. The number of allylic oxidation sites excluding steroid dienone is 1. The third-order valence-electron chi connectivity index (χ3n) is 4.65. The summed E-state index contributed by atoms with van der Waals surface area (Å²) in [6.45, 7) is 4.37. The van der Waals surface area contributed by atoms with Gasteiger partial charge in [-0.05, 0) is 24.5 Å². The number of aryl methyl sites for hydroxylation is 1. The number of nitrogens with zero attached hydrogens (tertiary/aromatic N) is 2. The quantitative estimate of drug-likeness (QED) is 0.553. The van der Waals surface area contributed by atoms with Gasteiger partial charge in [-0.3, -0.25) is 9.69 Å². The molecule has 3 rings (SSSR count). The number of carbonyl (C=O) groups excluding carboxylic acids is 2. The molecule has 6 nitrogen and oxygen atoms in total. The highest BCUT2D eigenvalue weighted by Gasteiger charge is 2.41. The highest BCUT2D eigenvalue weighted by Crippen LogP contribution is 2.40. The molecule has 144 valence electrons. The molecular weight excluding hydrogens is 364 g/mol. The molecule has 1 amide bonds. The van der Waals surface area contributed by atoms with Crippen LogP contribution in [0, 0.1) is 0 Å². The molecule has 0 aliphatic carbocycles. The number of hydrogen-bond acceptors (Lipinski definition) is 6. The van der Waals surface area contributed by atoms with E-state index in [0.29, 0.717) is 35.2 Å². The summed E-state index contributed by atoms with van der Waals surface area (Å²) in [5, 5.41) is 0.654. The number of amidine groups is 1. The van der Waals surface area contributed by atoms with Crippen LogP contribution in [0.2, 0.25) is 0 Å². The van der Waals surface area contributed by atoms with Crippen molar-refractivity contribution in [3.63, 3.8) is 0 Å². The topological polar surface area (TPSA) is 68.2 Å². The van der Waals surface area contributed by atoms with Crippen LogP contribution in [-0.4, -0.2) is 48.0 Å². The number of thioether (sulfide) groups is 1. The molecule has 1 saturated heterocycles. The maximum atomic E-state index is 12.8. The molecule has 7 heteroatoms. The second-order valence-corrected chi connectivity index (χ2v) is 7.44. The van der Waals surface area contributed by atoms with Crippen molar-refractivity contribution < 1.29 is 19.1 Å². The SMILES string of the molecule is CCc1ccc([C@@H]2C(C(=O)OCCOC)=C(C)N=C3SCCC(=O)N32)cc1. The van der Waals surface area contributed by atoms with Crippen molar-refractivity contribution in [1.82, 2.24) is 4.90 Å². The molecule has 0 saturated carbocycles. The minimum Gasteiger partial charge on any atom is -0.460 e. The third kappa shape index (κ3) is 4.09. The summed E-state index contributed by atoms with van der Waals surface area (Å²) in [7, 11) is 1.55. The summed E-state index contributed by atoms with van der Waals surface area (Å²) < 4.78 is 10.3. The first-order chi connectivity index (χ1) is 13.1. The number of hydrogen-bond donors (Lipinski definition) is 0. The van der Waals surface area contributed by atoms with E-state index < -0.39 is 12.0 Å². The number of esters is 1. The second-order valence-electron chi connectivity index (χ2n) is 6.38. The Morgan fingerprint density at radius 3 is 2.70 bits per heavy atom. The lowest BCUT2D eigenvalue weighted by molar-refractivity contribution is -0.141. The number of methoxy groups -OCH3 is 1. The van der Waals surface area contributed by atoms with Gasteiger partial charge in [-0.15, -0.1) is 0 Å². The molecule has 27 heavy (non-hydrogen) atoms. The number of amides is 1. The second kappa shape index (κ2) is 8.71. The van der Waals surface area contributed by atoms with E-state index >= 15 is 0 Å². The Morgan fingerprint density at radius 1 is 1.30 bits per heavy atom. The molecule has 0 spiro atoms. The van der Waals surface area contributed by atoms with E-state index in [9.17, 15) is 9.59 Å². The summed E-state index contributed by atoms with van der Waals surface area (Å²) in [6.07, 6.45) is 1.36. The van der Waals surface area contributed by atoms with Crippen LogP contribution in [0.5, 0.6) is 0 Å². The Kier molecular flexibility index (Phi) is 6.34. The average molecular weight is 388 g/mol. The van der Waals surface area contributed by atoms with Gasteiger partial charge < -0.3 is 9.47 Å². The molecule has 0 bridgehead atoms. The molecular formula is C20H24N2O4S. The summed E-state index contributed by atoms with van der Waals surface area (Å²) in [4.78, 5) is 31.7. The van der Waals surface area contributed by atoms with Gasteiger partial charge in [0, 0.05) is 19.3 Å². The van der Waals surface area contributed by atoms with Crippen molar-refractivity contribution in [2.24, 2.45) is 4.99 Å². The van der Waals surface area contributed by atoms with Gasteiger partial charge in [0.25, 0.3) is 0 Å². The standard InChI is InChI=1S/C20H24N2O4S/c1-4-14-5-7-15(8-6-14)18-17(19(24)26-11-10-25-3)13(2)21-20-22(18)16(23)9-12-27-20/h5-8,18H,4,9-12H2,1-3H3/t18-/m1/s1. The lowest BCUT2D eigenvalue weighted by atomic mass is 9.93. The van der Waals surface area contributed by atoms with E-state index in [4.69, 9.17) is 9.47 Å². The van der Waals surface area contributed by atoms with Crippen LogP contribution < -0.4 is 0 Å². The van der Waals surface area contributed by atoms with E-state index in [1.54, 1.807) is 30.7 Å². The van der Waals surface area contributed by atoms with Crippen LogP contribution in [0.15, 0.2) is 40.5 Å². The van der Waals surface area contributed by atoms with E-state index in [0.717, 1.165) is 12.0 Å². The Balaban J connectivity index is 2.03. The largest absolute Gasteiger partial charge is 0.460 e. The summed E-state index contributed by atoms with van der Waals surface area (Å²) in [5.74, 6) is 0.225. The van der Waals surface area contributed by atoms with Crippen molar-refractivity contribution in [3.05, 3.63) is 46.7 Å². The zero-order valence-corrected chi connectivity index (χ0v) is 16.7. The predicted octanol–water partition coefficient (Wildman–Crippen LogP) is 3.09. The van der Waals surface area contributed by atoms with Crippen LogP contribution in [0.3, 0.4) is 0 Å². The lowest BCUT2D eigenvalue weighted by Gasteiger charge is -2.39. The van der Waals surface area contributed by atoms with Crippen molar-refractivity contribution >= 4 is 28.8 Å². The zero-order chi connectivity index (χ0) is 19.4. The molecule has 2 heterocycles. The van der Waals surface area contributed by atoms with Gasteiger partial charge in [0.15, 0.2) is 5.17 Å². The Hall–Kier alpha value is -2.12. The highest BCUT2D eigenvalue weighted by molar-refractivity contribution is 8.14. The number of benzene rings is 1. The van der Waals surface area contributed by atoms with Crippen LogP contribution >= 0.6 is 11.8 Å². The van der Waals surface area contributed by atoms with Crippen LogP contribution in [0.4, 0.5) is 0 Å². The zero-order valence-electron chi connectivity index (χ0n) is 15.9. The van der Waals surface area contributed by atoms with E-state index in [2.05, 4.69) is 11.9 Å². The van der Waals surface area contributed by atoms with Crippen LogP contribution in [0.25, 0.3) is 0 Å². The lowest BCUT2D eigenvalue weighted by Crippen LogP contribution is -2.45. The molecule has 1 fully saturated rings. The maximum absolute atomic E-state index is 12.8. The molecule has 0 aromatic heterocycles. The monoisotopic (exact) mass is 388 g/mol. The molecule has 0 N–H and O–H groups in total. The Bertz CT molecular complexity index is 786. The smallest absolute Gasteiger partial charge is 0.338 e. The number of aliphatic imine (C=N–C) groups is 1. The first-order valence-corrected chi connectivity index (χ1v) is 10.0. The summed E-state index contributed by atoms with van der Waals surface area (Å²) in [5.41, 5.74) is 3.09. The average Bonchev–Trinajstić information content (AvgIpc) is 2.67. The fourth-order valence-corrected chi connectivity index (χ4v) is 4.21. The predicted molar refractivity (Wildman–Crippen MR) is 105 cm³/mol. The number of rotatable bonds is 6. The van der Waals surface area contributed by atoms with E-state index in [1.165, 1.54) is 5.56 Å². The molecule has 0 unspecified atom stereocenters. The van der Waals surface area contributed by atoms with Crippen molar-refractivity contribution in [2.75, 3.05) is 26.1 Å². The maximum Gasteiger partial charge on any atom is 0.338 e. The van der Waals surface area contributed by atoms with Gasteiger partial charge in [0.2, 0.25) is 5.91 Å². The fourth-order valence-electron chi connectivity index (χ4n) is 3.20. The molecule has 0 radical (unpaired) electrons. The number of carbonyl (C=O) groups is 2. The Morgan fingerprint density at radius 2 is 2.04 bits per heavy atom. The van der Waals surface area contributed by atoms with E-state index in [1.807, 2.05) is 24.3 Å². The summed E-state index contributed by atoms with van der Waals surface area (Å²) >= 11 is 1.54. The molecule has 1 atom stereocenters. The van der Waals surface area contributed by atoms with Crippen molar-refractivity contribution in [3.8, 4) is 0 Å². The van der Waals surface area contributed by atoms with Crippen LogP contribution in [0.1, 0.15) is 37.4 Å². The molecule has 2 aliphatic rings. The first kappa shape index (κ1) is 19.6. The van der Waals surface area contributed by atoms with Gasteiger partial charge >= 0.3 is 5.97 Å². The summed E-state index contributed by atoms with van der Waals surface area (Å²) in [6, 6.07) is 7.51. The minimum absolute atomic E-state index is 0.0215. The minimum atomic E-state index is -0.515. The number of fused-ring (bicyclic) bond motifs is 1.